The SMILES string of the molecule is C=C(C)C(=O)O[C@H]1C=C[C@H]2[C@H]1[C@H]1C=C[C@H]2C1. The summed E-state index contributed by atoms with van der Waals surface area (Å²) in [6, 6.07) is 0. The molecule has 16 heavy (non-hydrogen) atoms. The molecule has 0 aromatic rings. The number of allylic oxidation sites excluding steroid dienone is 3. The van der Waals surface area contributed by atoms with Crippen molar-refractivity contribution in [3.63, 3.8) is 0 Å². The molecule has 0 unspecified atom stereocenters. The molecule has 1 fully saturated rings. The second kappa shape index (κ2) is 3.34. The van der Waals surface area contributed by atoms with Gasteiger partial charge in [0, 0.05) is 11.5 Å². The highest BCUT2D eigenvalue weighted by Crippen LogP contribution is 2.53. The molecule has 0 amide bonds. The van der Waals surface area contributed by atoms with E-state index < -0.39 is 0 Å². The van der Waals surface area contributed by atoms with E-state index in [4.69, 9.17) is 4.74 Å². The third-order valence-corrected chi connectivity index (χ3v) is 4.08. The Balaban J connectivity index is 1.75. The highest BCUT2D eigenvalue weighted by Gasteiger charge is 2.50. The fourth-order valence-electron chi connectivity index (χ4n) is 3.34. The third-order valence-electron chi connectivity index (χ3n) is 4.08. The summed E-state index contributed by atoms with van der Waals surface area (Å²) in [5.74, 6) is 2.10. The van der Waals surface area contributed by atoms with Gasteiger partial charge in [-0.2, -0.15) is 0 Å². The molecule has 1 saturated carbocycles. The first-order valence-corrected chi connectivity index (χ1v) is 5.90. The maximum atomic E-state index is 11.5. The molecule has 0 N–H and O–H groups in total. The van der Waals surface area contributed by atoms with Crippen LogP contribution in [0.1, 0.15) is 13.3 Å². The lowest BCUT2D eigenvalue weighted by molar-refractivity contribution is -0.144. The average Bonchev–Trinajstić information content (AvgIpc) is 2.88. The maximum Gasteiger partial charge on any atom is 0.333 e. The molecule has 3 aliphatic rings. The first-order chi connectivity index (χ1) is 7.66. The first-order valence-electron chi connectivity index (χ1n) is 5.90. The van der Waals surface area contributed by atoms with E-state index in [1.165, 1.54) is 6.42 Å². The summed E-state index contributed by atoms with van der Waals surface area (Å²) in [7, 11) is 0. The van der Waals surface area contributed by atoms with Crippen LogP contribution in [0.2, 0.25) is 0 Å². The van der Waals surface area contributed by atoms with Gasteiger partial charge in [-0.3, -0.25) is 0 Å². The summed E-state index contributed by atoms with van der Waals surface area (Å²) >= 11 is 0. The summed E-state index contributed by atoms with van der Waals surface area (Å²) in [5, 5.41) is 0. The molecule has 0 aromatic carbocycles. The van der Waals surface area contributed by atoms with Crippen LogP contribution in [0.3, 0.4) is 0 Å². The summed E-state index contributed by atoms with van der Waals surface area (Å²) < 4.78 is 5.48. The van der Waals surface area contributed by atoms with Gasteiger partial charge in [-0.05, 0) is 37.2 Å². The van der Waals surface area contributed by atoms with Crippen LogP contribution >= 0.6 is 0 Å². The highest BCUT2D eigenvalue weighted by molar-refractivity contribution is 5.87. The van der Waals surface area contributed by atoms with Crippen LogP contribution in [-0.2, 0) is 9.53 Å². The molecule has 0 aliphatic heterocycles. The van der Waals surface area contributed by atoms with Crippen molar-refractivity contribution in [2.24, 2.45) is 23.7 Å². The van der Waals surface area contributed by atoms with Crippen molar-refractivity contribution in [2.75, 3.05) is 0 Å². The molecular formula is C14H16O2. The Morgan fingerprint density at radius 1 is 1.25 bits per heavy atom. The number of rotatable bonds is 2. The number of hydrogen-bond donors (Lipinski definition) is 0. The number of ether oxygens (including phenoxy) is 1. The summed E-state index contributed by atoms with van der Waals surface area (Å²) in [6.45, 7) is 5.31. The highest BCUT2D eigenvalue weighted by atomic mass is 16.5. The summed E-state index contributed by atoms with van der Waals surface area (Å²) in [5.41, 5.74) is 0.482. The lowest BCUT2D eigenvalue weighted by Crippen LogP contribution is -2.28. The minimum atomic E-state index is -0.262. The summed E-state index contributed by atoms with van der Waals surface area (Å²) in [6.07, 6.45) is 10.1. The standard InChI is InChI=1S/C14H16O2/c1-8(2)14(15)16-12-6-5-11-9-3-4-10(7-9)13(11)12/h3-6,9-13H,1,7H2,2H3/t9-,10-,11+,12-,13+/m0/s1. The van der Waals surface area contributed by atoms with Gasteiger partial charge < -0.3 is 4.74 Å². The quantitative estimate of drug-likeness (QED) is 0.402. The molecule has 3 rings (SSSR count). The van der Waals surface area contributed by atoms with E-state index in [9.17, 15) is 4.79 Å². The lowest BCUT2D eigenvalue weighted by Gasteiger charge is -2.25. The molecule has 5 atom stereocenters. The van der Waals surface area contributed by atoms with Crippen molar-refractivity contribution in [1.29, 1.82) is 0 Å². The van der Waals surface area contributed by atoms with E-state index in [-0.39, 0.29) is 12.1 Å². The Morgan fingerprint density at radius 2 is 2.00 bits per heavy atom. The van der Waals surface area contributed by atoms with Crippen LogP contribution in [0.5, 0.6) is 0 Å². The van der Waals surface area contributed by atoms with E-state index >= 15 is 0 Å². The van der Waals surface area contributed by atoms with E-state index in [2.05, 4.69) is 30.9 Å². The van der Waals surface area contributed by atoms with Crippen molar-refractivity contribution >= 4 is 5.97 Å². The molecule has 0 heterocycles. The van der Waals surface area contributed by atoms with E-state index in [1.54, 1.807) is 6.92 Å². The molecule has 0 aromatic heterocycles. The van der Waals surface area contributed by atoms with Gasteiger partial charge in [0.1, 0.15) is 6.10 Å². The van der Waals surface area contributed by atoms with E-state index in [1.807, 2.05) is 0 Å². The van der Waals surface area contributed by atoms with Gasteiger partial charge in [0.15, 0.2) is 0 Å². The number of carbonyl (C=O) groups is 1. The molecule has 2 bridgehead atoms. The van der Waals surface area contributed by atoms with E-state index in [0.717, 1.165) is 0 Å². The minimum Gasteiger partial charge on any atom is -0.454 e. The molecule has 0 spiro atoms. The topological polar surface area (TPSA) is 26.3 Å². The Kier molecular flexibility index (Phi) is 2.06. The predicted octanol–water partition coefficient (Wildman–Crippen LogP) is 2.48. The number of fused-ring (bicyclic) bond motifs is 5. The maximum absolute atomic E-state index is 11.5. The average molecular weight is 216 g/mol. The Labute approximate surface area is 95.7 Å². The molecule has 3 aliphatic carbocycles. The first kappa shape index (κ1) is 9.88. The lowest BCUT2D eigenvalue weighted by atomic mass is 9.84. The molecule has 84 valence electrons. The van der Waals surface area contributed by atoms with E-state index in [0.29, 0.717) is 29.2 Å². The van der Waals surface area contributed by atoms with Crippen LogP contribution in [0, 0.1) is 23.7 Å². The zero-order chi connectivity index (χ0) is 11.3. The van der Waals surface area contributed by atoms with Crippen LogP contribution in [-0.4, -0.2) is 12.1 Å². The molecule has 0 radical (unpaired) electrons. The Hall–Kier alpha value is -1.31. The number of carbonyl (C=O) groups excluding carboxylic acids is 1. The van der Waals surface area contributed by atoms with Crippen LogP contribution in [0.25, 0.3) is 0 Å². The van der Waals surface area contributed by atoms with Gasteiger partial charge in [-0.25, -0.2) is 4.79 Å². The predicted molar refractivity (Wildman–Crippen MR) is 61.6 cm³/mol. The third kappa shape index (κ3) is 1.29. The van der Waals surface area contributed by atoms with Gasteiger partial charge in [0.25, 0.3) is 0 Å². The molecular weight excluding hydrogens is 200 g/mol. The van der Waals surface area contributed by atoms with Crippen molar-refractivity contribution in [3.8, 4) is 0 Å². The van der Waals surface area contributed by atoms with Crippen molar-refractivity contribution in [1.82, 2.24) is 0 Å². The zero-order valence-corrected chi connectivity index (χ0v) is 9.43. The Bertz CT molecular complexity index is 405. The second-order valence-corrected chi connectivity index (χ2v) is 5.14. The van der Waals surface area contributed by atoms with Crippen LogP contribution in [0.4, 0.5) is 0 Å². The molecule has 2 heteroatoms. The summed E-state index contributed by atoms with van der Waals surface area (Å²) in [4.78, 5) is 11.5. The zero-order valence-electron chi connectivity index (χ0n) is 9.43. The smallest absolute Gasteiger partial charge is 0.333 e. The van der Waals surface area contributed by atoms with Gasteiger partial charge in [-0.1, -0.05) is 24.8 Å². The fourth-order valence-corrected chi connectivity index (χ4v) is 3.34. The largest absolute Gasteiger partial charge is 0.454 e. The van der Waals surface area contributed by atoms with Crippen LogP contribution in [0.15, 0.2) is 36.5 Å². The Morgan fingerprint density at radius 3 is 2.75 bits per heavy atom. The minimum absolute atomic E-state index is 0.0332. The van der Waals surface area contributed by atoms with Gasteiger partial charge >= 0.3 is 5.97 Å². The van der Waals surface area contributed by atoms with Gasteiger partial charge in [0.05, 0.1) is 0 Å². The number of hydrogen-bond acceptors (Lipinski definition) is 2. The van der Waals surface area contributed by atoms with Crippen molar-refractivity contribution < 1.29 is 9.53 Å². The van der Waals surface area contributed by atoms with Crippen molar-refractivity contribution in [2.45, 2.75) is 19.4 Å². The van der Waals surface area contributed by atoms with Crippen molar-refractivity contribution in [3.05, 3.63) is 36.5 Å². The second-order valence-electron chi connectivity index (χ2n) is 5.14. The van der Waals surface area contributed by atoms with Gasteiger partial charge in [0.2, 0.25) is 0 Å². The van der Waals surface area contributed by atoms with Gasteiger partial charge in [-0.15, -0.1) is 0 Å². The molecule has 2 nitrogen and oxygen atoms in total. The number of esters is 1. The normalized spacial score (nSPS) is 42.4. The van der Waals surface area contributed by atoms with Crippen LogP contribution < -0.4 is 0 Å². The fraction of sp³-hybridized carbons (Fsp3) is 0.500. The molecule has 0 saturated heterocycles. The monoisotopic (exact) mass is 216 g/mol.